The van der Waals surface area contributed by atoms with Crippen LogP contribution < -0.4 is 10.2 Å². The third kappa shape index (κ3) is 2.54. The summed E-state index contributed by atoms with van der Waals surface area (Å²) in [6.07, 6.45) is 0. The Morgan fingerprint density at radius 3 is 2.56 bits per heavy atom. The number of hydrogen-bond acceptors (Lipinski definition) is 3. The number of amides is 1. The number of nitrogens with zero attached hydrogens (tertiary/aromatic N) is 1. The highest BCUT2D eigenvalue weighted by Gasteiger charge is 2.12. The molecule has 1 aromatic carbocycles. The summed E-state index contributed by atoms with van der Waals surface area (Å²) in [5, 5.41) is 4.90. The summed E-state index contributed by atoms with van der Waals surface area (Å²) in [6, 6.07) is 9.73. The van der Waals surface area contributed by atoms with E-state index < -0.39 is 0 Å². The Morgan fingerprint density at radius 1 is 1.22 bits per heavy atom. The number of carbonyl (C=O) groups is 1. The normalized spacial score (nSPS) is 10.2. The molecule has 1 heterocycles. The lowest BCUT2D eigenvalue weighted by molar-refractivity contribution is 0.103. The molecule has 4 heteroatoms. The van der Waals surface area contributed by atoms with E-state index in [1.165, 1.54) is 11.3 Å². The van der Waals surface area contributed by atoms with Gasteiger partial charge in [-0.15, -0.1) is 11.3 Å². The number of anilines is 2. The van der Waals surface area contributed by atoms with Crippen LogP contribution in [-0.4, -0.2) is 20.0 Å². The van der Waals surface area contributed by atoms with Crippen molar-refractivity contribution in [1.29, 1.82) is 0 Å². The van der Waals surface area contributed by atoms with Gasteiger partial charge >= 0.3 is 0 Å². The van der Waals surface area contributed by atoms with Crippen LogP contribution >= 0.6 is 11.3 Å². The van der Waals surface area contributed by atoms with E-state index in [9.17, 15) is 4.79 Å². The van der Waals surface area contributed by atoms with Crippen LogP contribution in [-0.2, 0) is 0 Å². The minimum absolute atomic E-state index is 0.0446. The van der Waals surface area contributed by atoms with E-state index in [4.69, 9.17) is 0 Å². The Kier molecular flexibility index (Phi) is 3.67. The van der Waals surface area contributed by atoms with Crippen molar-refractivity contribution in [2.75, 3.05) is 24.3 Å². The van der Waals surface area contributed by atoms with E-state index in [0.29, 0.717) is 0 Å². The first kappa shape index (κ1) is 12.6. The number of rotatable bonds is 3. The van der Waals surface area contributed by atoms with Gasteiger partial charge in [0.2, 0.25) is 0 Å². The van der Waals surface area contributed by atoms with Crippen LogP contribution in [0.2, 0.25) is 0 Å². The van der Waals surface area contributed by atoms with E-state index in [2.05, 4.69) is 5.32 Å². The van der Waals surface area contributed by atoms with Crippen molar-refractivity contribution < 1.29 is 4.79 Å². The van der Waals surface area contributed by atoms with Crippen LogP contribution in [0.25, 0.3) is 0 Å². The monoisotopic (exact) mass is 260 g/mol. The summed E-state index contributed by atoms with van der Waals surface area (Å²) in [6.45, 7) is 1.95. The molecular weight excluding hydrogens is 244 g/mol. The van der Waals surface area contributed by atoms with Gasteiger partial charge in [-0.1, -0.05) is 12.1 Å². The fourth-order valence-electron chi connectivity index (χ4n) is 1.75. The predicted octanol–water partition coefficient (Wildman–Crippen LogP) is 3.37. The molecule has 0 aliphatic carbocycles. The standard InChI is InChI=1S/C14H16N2OS/c1-10-8-9-18-13(10)14(17)15-11-6-4-5-7-12(11)16(2)3/h4-9H,1-3H3,(H,15,17). The van der Waals surface area contributed by atoms with Crippen LogP contribution in [0.1, 0.15) is 15.2 Å². The molecule has 3 nitrogen and oxygen atoms in total. The highest BCUT2D eigenvalue weighted by molar-refractivity contribution is 7.12. The van der Waals surface area contributed by atoms with E-state index in [1.54, 1.807) is 0 Å². The lowest BCUT2D eigenvalue weighted by atomic mass is 10.2. The highest BCUT2D eigenvalue weighted by Crippen LogP contribution is 2.25. The number of carbonyl (C=O) groups excluding carboxylic acids is 1. The molecule has 0 atom stereocenters. The van der Waals surface area contributed by atoms with Gasteiger partial charge < -0.3 is 10.2 Å². The molecule has 2 rings (SSSR count). The molecule has 0 bridgehead atoms. The molecule has 1 amide bonds. The van der Waals surface area contributed by atoms with Crippen LogP contribution in [0.4, 0.5) is 11.4 Å². The average Bonchev–Trinajstić information content (AvgIpc) is 2.76. The molecule has 18 heavy (non-hydrogen) atoms. The largest absolute Gasteiger partial charge is 0.376 e. The van der Waals surface area contributed by atoms with E-state index >= 15 is 0 Å². The third-order valence-corrected chi connectivity index (χ3v) is 3.72. The zero-order valence-electron chi connectivity index (χ0n) is 10.7. The van der Waals surface area contributed by atoms with Gasteiger partial charge in [0.25, 0.3) is 5.91 Å². The molecule has 0 radical (unpaired) electrons. The van der Waals surface area contributed by atoms with Gasteiger partial charge in [0.1, 0.15) is 0 Å². The van der Waals surface area contributed by atoms with Crippen LogP contribution in [0.5, 0.6) is 0 Å². The SMILES string of the molecule is Cc1ccsc1C(=O)Nc1ccccc1N(C)C. The van der Waals surface area contributed by atoms with Crippen molar-refractivity contribution in [2.45, 2.75) is 6.92 Å². The molecular formula is C14H16N2OS. The minimum Gasteiger partial charge on any atom is -0.376 e. The Balaban J connectivity index is 2.25. The molecule has 2 aromatic rings. The Hall–Kier alpha value is -1.81. The van der Waals surface area contributed by atoms with Crippen LogP contribution in [0.15, 0.2) is 35.7 Å². The summed E-state index contributed by atoms with van der Waals surface area (Å²) >= 11 is 1.47. The van der Waals surface area contributed by atoms with Crippen molar-refractivity contribution >= 4 is 28.6 Å². The maximum absolute atomic E-state index is 12.2. The molecule has 1 N–H and O–H groups in total. The maximum atomic E-state index is 12.2. The molecule has 0 spiro atoms. The van der Waals surface area contributed by atoms with Gasteiger partial charge in [0, 0.05) is 14.1 Å². The van der Waals surface area contributed by atoms with Gasteiger partial charge in [0.15, 0.2) is 0 Å². The smallest absolute Gasteiger partial charge is 0.266 e. The lowest BCUT2D eigenvalue weighted by Crippen LogP contribution is -2.16. The zero-order chi connectivity index (χ0) is 13.1. The lowest BCUT2D eigenvalue weighted by Gasteiger charge is -2.17. The molecule has 0 aliphatic rings. The molecule has 1 aromatic heterocycles. The maximum Gasteiger partial charge on any atom is 0.266 e. The second-order valence-electron chi connectivity index (χ2n) is 4.30. The van der Waals surface area contributed by atoms with Crippen LogP contribution in [0, 0.1) is 6.92 Å². The summed E-state index contributed by atoms with van der Waals surface area (Å²) in [5.74, 6) is -0.0446. The van der Waals surface area contributed by atoms with Gasteiger partial charge in [-0.2, -0.15) is 0 Å². The first-order valence-corrected chi connectivity index (χ1v) is 6.59. The molecule has 0 unspecified atom stereocenters. The van der Waals surface area contributed by atoms with E-state index in [0.717, 1.165) is 21.8 Å². The van der Waals surface area contributed by atoms with Gasteiger partial charge in [-0.25, -0.2) is 0 Å². The number of thiophene rings is 1. The summed E-state index contributed by atoms with van der Waals surface area (Å²) in [5.41, 5.74) is 2.85. The molecule has 0 saturated carbocycles. The second-order valence-corrected chi connectivity index (χ2v) is 5.21. The number of para-hydroxylation sites is 2. The van der Waals surface area contributed by atoms with Crippen molar-refractivity contribution in [3.8, 4) is 0 Å². The minimum atomic E-state index is -0.0446. The van der Waals surface area contributed by atoms with Crippen molar-refractivity contribution in [3.63, 3.8) is 0 Å². The van der Waals surface area contributed by atoms with E-state index in [-0.39, 0.29) is 5.91 Å². The zero-order valence-corrected chi connectivity index (χ0v) is 11.5. The van der Waals surface area contributed by atoms with Crippen LogP contribution in [0.3, 0.4) is 0 Å². The van der Waals surface area contributed by atoms with E-state index in [1.807, 2.05) is 61.6 Å². The average molecular weight is 260 g/mol. The fourth-order valence-corrected chi connectivity index (χ4v) is 2.57. The number of hydrogen-bond donors (Lipinski definition) is 1. The molecule has 0 aliphatic heterocycles. The first-order chi connectivity index (χ1) is 8.59. The Labute approximate surface area is 111 Å². The van der Waals surface area contributed by atoms with Gasteiger partial charge in [-0.05, 0) is 36.1 Å². The quantitative estimate of drug-likeness (QED) is 0.917. The summed E-state index contributed by atoms with van der Waals surface area (Å²) in [7, 11) is 3.92. The number of nitrogens with one attached hydrogen (secondary N) is 1. The second kappa shape index (κ2) is 5.23. The third-order valence-electron chi connectivity index (χ3n) is 2.70. The predicted molar refractivity (Wildman–Crippen MR) is 77.8 cm³/mol. The highest BCUT2D eigenvalue weighted by atomic mass is 32.1. The van der Waals surface area contributed by atoms with Crippen molar-refractivity contribution in [3.05, 3.63) is 46.2 Å². The topological polar surface area (TPSA) is 32.3 Å². The van der Waals surface area contributed by atoms with Crippen molar-refractivity contribution in [2.24, 2.45) is 0 Å². The number of aryl methyl sites for hydroxylation is 1. The molecule has 0 fully saturated rings. The summed E-state index contributed by atoms with van der Waals surface area (Å²) in [4.78, 5) is 14.9. The first-order valence-electron chi connectivity index (χ1n) is 5.71. The molecule has 0 saturated heterocycles. The fraction of sp³-hybridized carbons (Fsp3) is 0.214. The Morgan fingerprint density at radius 2 is 1.94 bits per heavy atom. The Bertz CT molecular complexity index is 560. The van der Waals surface area contributed by atoms with Gasteiger partial charge in [-0.3, -0.25) is 4.79 Å². The van der Waals surface area contributed by atoms with Crippen molar-refractivity contribution in [1.82, 2.24) is 0 Å². The van der Waals surface area contributed by atoms with Gasteiger partial charge in [0.05, 0.1) is 16.3 Å². The number of benzene rings is 1. The molecule has 94 valence electrons. The summed E-state index contributed by atoms with van der Waals surface area (Å²) < 4.78 is 0.